The third-order valence-corrected chi connectivity index (χ3v) is 3.26. The second-order valence-electron chi connectivity index (χ2n) is 3.85. The van der Waals surface area contributed by atoms with Crippen LogP contribution in [0.2, 0.25) is 0 Å². The predicted molar refractivity (Wildman–Crippen MR) is 73.6 cm³/mol. The molecule has 0 aliphatic carbocycles. The highest BCUT2D eigenvalue weighted by Crippen LogP contribution is 2.26. The number of furan rings is 1. The first-order valence-corrected chi connectivity index (χ1v) is 6.24. The summed E-state index contributed by atoms with van der Waals surface area (Å²) in [6.45, 7) is 3.20. The van der Waals surface area contributed by atoms with Gasteiger partial charge in [0, 0.05) is 5.39 Å². The maximum Gasteiger partial charge on any atom is 0.141 e. The Morgan fingerprint density at radius 2 is 2.17 bits per heavy atom. The molecular weight excluding hydrogens is 276 g/mol. The van der Waals surface area contributed by atoms with Crippen molar-refractivity contribution in [2.45, 2.75) is 10.9 Å². The molecule has 2 aromatic rings. The van der Waals surface area contributed by atoms with Crippen molar-refractivity contribution in [2.75, 3.05) is 6.80 Å². The molecule has 18 heavy (non-hydrogen) atoms. The van der Waals surface area contributed by atoms with Crippen LogP contribution < -0.4 is 5.32 Å². The number of alkyl halides is 3. The van der Waals surface area contributed by atoms with Gasteiger partial charge in [0.1, 0.15) is 17.2 Å². The summed E-state index contributed by atoms with van der Waals surface area (Å²) in [5.41, 5.74) is 2.18. The Morgan fingerprint density at radius 3 is 2.83 bits per heavy atom. The standard InChI is InChI=1S/C13H12Cl2FNO/c1-8(12(13(14)15)17-7-16)10-3-2-9-4-5-18-11(9)6-10/h2-6,12-13,17H,1,7H2. The molecule has 96 valence electrons. The van der Waals surface area contributed by atoms with Gasteiger partial charge < -0.3 is 4.42 Å². The maximum atomic E-state index is 12.4. The highest BCUT2D eigenvalue weighted by molar-refractivity contribution is 6.45. The van der Waals surface area contributed by atoms with E-state index < -0.39 is 17.7 Å². The van der Waals surface area contributed by atoms with Crippen molar-refractivity contribution in [1.29, 1.82) is 0 Å². The van der Waals surface area contributed by atoms with Gasteiger partial charge in [-0.1, -0.05) is 18.7 Å². The lowest BCUT2D eigenvalue weighted by Gasteiger charge is -2.20. The Balaban J connectivity index is 2.30. The molecule has 0 saturated carbocycles. The molecule has 1 atom stereocenters. The lowest BCUT2D eigenvalue weighted by Crippen LogP contribution is -2.34. The van der Waals surface area contributed by atoms with Crippen LogP contribution in [0.15, 0.2) is 41.5 Å². The highest BCUT2D eigenvalue weighted by atomic mass is 35.5. The van der Waals surface area contributed by atoms with Crippen molar-refractivity contribution in [3.8, 4) is 0 Å². The fourth-order valence-electron chi connectivity index (χ4n) is 1.78. The van der Waals surface area contributed by atoms with Gasteiger partial charge in [-0.25, -0.2) is 4.39 Å². The van der Waals surface area contributed by atoms with Crippen molar-refractivity contribution >= 4 is 39.7 Å². The summed E-state index contributed by atoms with van der Waals surface area (Å²) >= 11 is 11.6. The Labute approximate surface area is 114 Å². The second kappa shape index (κ2) is 5.74. The third kappa shape index (κ3) is 2.69. The molecule has 1 aromatic carbocycles. The summed E-state index contributed by atoms with van der Waals surface area (Å²) < 4.78 is 17.7. The van der Waals surface area contributed by atoms with E-state index >= 15 is 0 Å². The molecule has 2 rings (SSSR count). The minimum atomic E-state index is -0.777. The third-order valence-electron chi connectivity index (χ3n) is 2.75. The zero-order valence-corrected chi connectivity index (χ0v) is 11.0. The van der Waals surface area contributed by atoms with Crippen LogP contribution >= 0.6 is 23.2 Å². The SMILES string of the molecule is C=C(c1ccc2ccoc2c1)C(NCF)C(Cl)Cl. The average molecular weight is 288 g/mol. The van der Waals surface area contributed by atoms with Crippen molar-refractivity contribution in [2.24, 2.45) is 0 Å². The van der Waals surface area contributed by atoms with Gasteiger partial charge in [-0.15, -0.1) is 23.2 Å². The Hall–Kier alpha value is -1.03. The largest absolute Gasteiger partial charge is 0.464 e. The fourth-order valence-corrected chi connectivity index (χ4v) is 2.26. The minimum absolute atomic E-state index is 0.536. The monoisotopic (exact) mass is 287 g/mol. The number of hydrogen-bond acceptors (Lipinski definition) is 2. The Morgan fingerprint density at radius 1 is 1.39 bits per heavy atom. The number of halogens is 3. The molecule has 5 heteroatoms. The Kier molecular flexibility index (Phi) is 4.27. The van der Waals surface area contributed by atoms with E-state index in [1.807, 2.05) is 24.3 Å². The summed E-state index contributed by atoms with van der Waals surface area (Å²) in [4.78, 5) is -0.777. The fraction of sp³-hybridized carbons (Fsp3) is 0.231. The van der Waals surface area contributed by atoms with Crippen LogP contribution in [0.25, 0.3) is 16.5 Å². The van der Waals surface area contributed by atoms with Crippen molar-refractivity contribution < 1.29 is 8.81 Å². The summed E-state index contributed by atoms with van der Waals surface area (Å²) in [5, 5.41) is 3.56. The number of benzene rings is 1. The van der Waals surface area contributed by atoms with Gasteiger partial charge in [0.2, 0.25) is 0 Å². The van der Waals surface area contributed by atoms with Crippen molar-refractivity contribution in [3.05, 3.63) is 42.7 Å². The quantitative estimate of drug-likeness (QED) is 0.661. The Bertz CT molecular complexity index is 553. The van der Waals surface area contributed by atoms with Gasteiger partial charge in [0.15, 0.2) is 0 Å². The molecule has 0 fully saturated rings. The van der Waals surface area contributed by atoms with Crippen LogP contribution in [0, 0.1) is 0 Å². The van der Waals surface area contributed by atoms with Gasteiger partial charge in [-0.2, -0.15) is 0 Å². The van der Waals surface area contributed by atoms with Gasteiger partial charge in [0.05, 0.1) is 12.3 Å². The first kappa shape index (κ1) is 13.4. The lowest BCUT2D eigenvalue weighted by molar-refractivity contribution is 0.411. The van der Waals surface area contributed by atoms with Gasteiger partial charge in [0.25, 0.3) is 0 Å². The predicted octanol–water partition coefficient (Wildman–Crippen LogP) is 4.13. The van der Waals surface area contributed by atoms with Crippen LogP contribution in [0.4, 0.5) is 4.39 Å². The van der Waals surface area contributed by atoms with Crippen LogP contribution in [-0.4, -0.2) is 17.7 Å². The normalized spacial score (nSPS) is 13.1. The molecule has 1 aromatic heterocycles. The zero-order chi connectivity index (χ0) is 13.1. The van der Waals surface area contributed by atoms with Gasteiger partial charge in [-0.05, 0) is 23.3 Å². The smallest absolute Gasteiger partial charge is 0.141 e. The number of nitrogens with one attached hydrogen (secondary N) is 1. The molecule has 2 nitrogen and oxygen atoms in total. The van der Waals surface area contributed by atoms with E-state index in [-0.39, 0.29) is 0 Å². The van der Waals surface area contributed by atoms with Crippen LogP contribution in [0.1, 0.15) is 5.56 Å². The van der Waals surface area contributed by atoms with E-state index in [2.05, 4.69) is 11.9 Å². The molecule has 1 heterocycles. The van der Waals surface area contributed by atoms with E-state index in [0.29, 0.717) is 5.57 Å². The van der Waals surface area contributed by atoms with Gasteiger partial charge in [-0.3, -0.25) is 5.32 Å². The number of rotatable bonds is 5. The van der Waals surface area contributed by atoms with E-state index in [1.165, 1.54) is 0 Å². The topological polar surface area (TPSA) is 25.2 Å². The molecule has 0 saturated heterocycles. The molecule has 0 radical (unpaired) electrons. The van der Waals surface area contributed by atoms with Crippen LogP contribution in [-0.2, 0) is 0 Å². The molecule has 0 aliphatic rings. The minimum Gasteiger partial charge on any atom is -0.464 e. The summed E-state index contributed by atoms with van der Waals surface area (Å²) in [7, 11) is 0. The maximum absolute atomic E-state index is 12.4. The van der Waals surface area contributed by atoms with E-state index in [1.54, 1.807) is 6.26 Å². The van der Waals surface area contributed by atoms with E-state index in [9.17, 15) is 4.39 Å². The molecule has 1 unspecified atom stereocenters. The van der Waals surface area contributed by atoms with Crippen molar-refractivity contribution in [1.82, 2.24) is 5.32 Å². The molecule has 0 spiro atoms. The van der Waals surface area contributed by atoms with Gasteiger partial charge >= 0.3 is 0 Å². The summed E-state index contributed by atoms with van der Waals surface area (Å²) in [6, 6.07) is 6.95. The lowest BCUT2D eigenvalue weighted by atomic mass is 10.0. The average Bonchev–Trinajstić information content (AvgIpc) is 2.81. The molecule has 0 aliphatic heterocycles. The highest BCUT2D eigenvalue weighted by Gasteiger charge is 2.21. The van der Waals surface area contributed by atoms with Crippen LogP contribution in [0.3, 0.4) is 0 Å². The first-order valence-electron chi connectivity index (χ1n) is 5.37. The van der Waals surface area contributed by atoms with E-state index in [4.69, 9.17) is 27.6 Å². The number of hydrogen-bond donors (Lipinski definition) is 1. The van der Waals surface area contributed by atoms with Crippen LogP contribution in [0.5, 0.6) is 0 Å². The first-order chi connectivity index (χ1) is 8.63. The second-order valence-corrected chi connectivity index (χ2v) is 5.01. The summed E-state index contributed by atoms with van der Waals surface area (Å²) in [5.74, 6) is 0. The molecule has 1 N–H and O–H groups in total. The molecule has 0 bridgehead atoms. The summed E-state index contributed by atoms with van der Waals surface area (Å²) in [6.07, 6.45) is 1.61. The molecular formula is C13H12Cl2FNO. The van der Waals surface area contributed by atoms with E-state index in [0.717, 1.165) is 16.5 Å². The molecule has 0 amide bonds. The number of fused-ring (bicyclic) bond motifs is 1. The zero-order valence-electron chi connectivity index (χ0n) is 9.50. The van der Waals surface area contributed by atoms with Crippen molar-refractivity contribution in [3.63, 3.8) is 0 Å².